The number of carbonyl (C=O) groups excluding carboxylic acids is 2. The van der Waals surface area contributed by atoms with Crippen LogP contribution in [0.3, 0.4) is 0 Å². The number of methoxy groups -OCH3 is 1. The Morgan fingerprint density at radius 1 is 1.00 bits per heavy atom. The van der Waals surface area contributed by atoms with E-state index in [1.165, 1.54) is 0 Å². The maximum absolute atomic E-state index is 12.6. The van der Waals surface area contributed by atoms with E-state index in [4.69, 9.17) is 13.9 Å². The van der Waals surface area contributed by atoms with Crippen LogP contribution in [0, 0.1) is 0 Å². The quantitative estimate of drug-likeness (QED) is 0.454. The van der Waals surface area contributed by atoms with E-state index in [2.05, 4.69) is 26.6 Å². The molecule has 0 aliphatic carbocycles. The Balaban J connectivity index is 1.61. The minimum absolute atomic E-state index is 0.261. The van der Waals surface area contributed by atoms with E-state index in [9.17, 15) is 9.59 Å². The van der Waals surface area contributed by atoms with E-state index < -0.39 is 0 Å². The van der Waals surface area contributed by atoms with E-state index >= 15 is 0 Å². The third-order valence-electron chi connectivity index (χ3n) is 4.12. The van der Waals surface area contributed by atoms with E-state index in [1.807, 2.05) is 0 Å². The molecule has 3 rings (SSSR count). The maximum atomic E-state index is 12.6. The van der Waals surface area contributed by atoms with Crippen LogP contribution in [0.25, 0.3) is 0 Å². The van der Waals surface area contributed by atoms with Crippen molar-refractivity contribution in [2.24, 2.45) is 0 Å². The molecule has 30 heavy (non-hydrogen) atoms. The summed E-state index contributed by atoms with van der Waals surface area (Å²) in [6, 6.07) is 15.3. The number of benzene rings is 2. The number of hydrogen-bond acceptors (Lipinski definition) is 5. The lowest BCUT2D eigenvalue weighted by molar-refractivity contribution is 0.0946. The zero-order chi connectivity index (χ0) is 21.3. The monoisotopic (exact) mass is 472 g/mol. The van der Waals surface area contributed by atoms with E-state index in [-0.39, 0.29) is 18.4 Å². The first kappa shape index (κ1) is 21.6. The summed E-state index contributed by atoms with van der Waals surface area (Å²) in [5.74, 6) is 0.724. The molecule has 1 heterocycles. The van der Waals surface area contributed by atoms with Gasteiger partial charge in [-0.15, -0.1) is 0 Å². The molecular formula is C22H21BrN2O5. The molecule has 0 unspecified atom stereocenters. The van der Waals surface area contributed by atoms with Crippen molar-refractivity contribution in [1.82, 2.24) is 5.32 Å². The Morgan fingerprint density at radius 2 is 1.83 bits per heavy atom. The SMILES string of the molecule is COCCOc1ccc(C(=O)Nc2cccc(C(=O)NCc3ccco3)c2)cc1Br. The number of halogens is 1. The predicted octanol–water partition coefficient (Wildman–Crippen LogP) is 4.25. The summed E-state index contributed by atoms with van der Waals surface area (Å²) in [4.78, 5) is 24.9. The molecule has 0 bridgehead atoms. The molecule has 3 aromatic rings. The van der Waals surface area contributed by atoms with Gasteiger partial charge < -0.3 is 24.5 Å². The van der Waals surface area contributed by atoms with Gasteiger partial charge in [-0.1, -0.05) is 6.07 Å². The smallest absolute Gasteiger partial charge is 0.255 e. The highest BCUT2D eigenvalue weighted by Gasteiger charge is 2.12. The second kappa shape index (κ2) is 10.6. The lowest BCUT2D eigenvalue weighted by atomic mass is 10.1. The van der Waals surface area contributed by atoms with Gasteiger partial charge in [0.1, 0.15) is 18.1 Å². The Morgan fingerprint density at radius 3 is 2.57 bits per heavy atom. The summed E-state index contributed by atoms with van der Waals surface area (Å²) < 4.78 is 16.4. The van der Waals surface area contributed by atoms with Gasteiger partial charge in [-0.3, -0.25) is 9.59 Å². The lowest BCUT2D eigenvalue weighted by Crippen LogP contribution is -2.22. The fourth-order valence-corrected chi connectivity index (χ4v) is 3.11. The number of hydrogen-bond donors (Lipinski definition) is 2. The highest BCUT2D eigenvalue weighted by Crippen LogP contribution is 2.26. The second-order valence-electron chi connectivity index (χ2n) is 6.28. The molecule has 0 saturated heterocycles. The Labute approximate surface area is 182 Å². The standard InChI is InChI=1S/C22H21BrN2O5/c1-28-10-11-30-20-8-7-16(13-19(20)23)22(27)25-17-5-2-4-15(12-17)21(26)24-14-18-6-3-9-29-18/h2-9,12-13H,10-11,14H2,1H3,(H,24,26)(H,25,27). The van der Waals surface area contributed by atoms with Gasteiger partial charge >= 0.3 is 0 Å². The minimum atomic E-state index is -0.299. The first-order valence-corrected chi connectivity index (χ1v) is 9.99. The highest BCUT2D eigenvalue weighted by atomic mass is 79.9. The summed E-state index contributed by atoms with van der Waals surface area (Å²) in [5.41, 5.74) is 1.40. The zero-order valence-electron chi connectivity index (χ0n) is 16.3. The molecule has 0 aliphatic heterocycles. The third-order valence-corrected chi connectivity index (χ3v) is 4.74. The van der Waals surface area contributed by atoms with Crippen LogP contribution in [0.1, 0.15) is 26.5 Å². The number of furan rings is 1. The molecule has 2 aromatic carbocycles. The van der Waals surface area contributed by atoms with Crippen LogP contribution in [0.5, 0.6) is 5.75 Å². The van der Waals surface area contributed by atoms with Gasteiger partial charge in [0.25, 0.3) is 11.8 Å². The molecule has 0 saturated carbocycles. The number of carbonyl (C=O) groups is 2. The van der Waals surface area contributed by atoms with Crippen LogP contribution < -0.4 is 15.4 Å². The summed E-state index contributed by atoms with van der Waals surface area (Å²) in [6.07, 6.45) is 1.55. The van der Waals surface area contributed by atoms with Gasteiger partial charge in [0.05, 0.1) is 23.9 Å². The number of anilines is 1. The fraction of sp³-hybridized carbons (Fsp3) is 0.182. The van der Waals surface area contributed by atoms with Crippen molar-refractivity contribution in [2.75, 3.05) is 25.6 Å². The normalized spacial score (nSPS) is 10.5. The number of amides is 2. The number of ether oxygens (including phenoxy) is 2. The number of nitrogens with one attached hydrogen (secondary N) is 2. The van der Waals surface area contributed by atoms with Crippen LogP contribution in [0.2, 0.25) is 0 Å². The molecule has 0 atom stereocenters. The fourth-order valence-electron chi connectivity index (χ4n) is 2.62. The number of rotatable bonds is 9. The van der Waals surface area contributed by atoms with Gasteiger partial charge in [-0.25, -0.2) is 0 Å². The molecule has 0 radical (unpaired) electrons. The van der Waals surface area contributed by atoms with Crippen molar-refractivity contribution in [3.8, 4) is 5.75 Å². The molecule has 2 N–H and O–H groups in total. The summed E-state index contributed by atoms with van der Waals surface area (Å²) in [5, 5.41) is 5.58. The molecule has 0 spiro atoms. The first-order valence-electron chi connectivity index (χ1n) is 9.20. The van der Waals surface area contributed by atoms with Gasteiger partial charge in [0.15, 0.2) is 0 Å². The van der Waals surface area contributed by atoms with Gasteiger partial charge in [-0.2, -0.15) is 0 Å². The van der Waals surface area contributed by atoms with Gasteiger partial charge in [0.2, 0.25) is 0 Å². The van der Waals surface area contributed by atoms with Crippen molar-refractivity contribution in [3.63, 3.8) is 0 Å². The predicted molar refractivity (Wildman–Crippen MR) is 116 cm³/mol. The Hall–Kier alpha value is -3.10. The first-order chi connectivity index (χ1) is 14.6. The maximum Gasteiger partial charge on any atom is 0.255 e. The molecular weight excluding hydrogens is 452 g/mol. The largest absolute Gasteiger partial charge is 0.490 e. The van der Waals surface area contributed by atoms with Gasteiger partial charge in [-0.05, 0) is 64.5 Å². The average Bonchev–Trinajstić information content (AvgIpc) is 3.27. The van der Waals surface area contributed by atoms with Gasteiger partial charge in [0, 0.05) is 23.9 Å². The van der Waals surface area contributed by atoms with Crippen molar-refractivity contribution < 1.29 is 23.5 Å². The Kier molecular flexibility index (Phi) is 7.64. The summed E-state index contributed by atoms with van der Waals surface area (Å²) in [6.45, 7) is 1.17. The van der Waals surface area contributed by atoms with Crippen LogP contribution in [-0.2, 0) is 11.3 Å². The molecule has 8 heteroatoms. The highest BCUT2D eigenvalue weighted by molar-refractivity contribution is 9.10. The lowest BCUT2D eigenvalue weighted by Gasteiger charge is -2.11. The van der Waals surface area contributed by atoms with Crippen molar-refractivity contribution in [2.45, 2.75) is 6.54 Å². The summed E-state index contributed by atoms with van der Waals surface area (Å²) >= 11 is 3.41. The van der Waals surface area contributed by atoms with Crippen molar-refractivity contribution >= 4 is 33.4 Å². The molecule has 0 aliphatic rings. The van der Waals surface area contributed by atoms with E-state index in [1.54, 1.807) is 68.0 Å². The van der Waals surface area contributed by atoms with E-state index in [0.717, 1.165) is 0 Å². The van der Waals surface area contributed by atoms with Crippen LogP contribution in [0.15, 0.2) is 69.8 Å². The van der Waals surface area contributed by atoms with Crippen LogP contribution in [-0.4, -0.2) is 32.1 Å². The van der Waals surface area contributed by atoms with E-state index in [0.29, 0.717) is 46.0 Å². The second-order valence-corrected chi connectivity index (χ2v) is 7.14. The topological polar surface area (TPSA) is 89.8 Å². The zero-order valence-corrected chi connectivity index (χ0v) is 17.9. The van der Waals surface area contributed by atoms with Crippen LogP contribution >= 0.6 is 15.9 Å². The molecule has 0 fully saturated rings. The van der Waals surface area contributed by atoms with Crippen LogP contribution in [0.4, 0.5) is 5.69 Å². The minimum Gasteiger partial charge on any atom is -0.490 e. The van der Waals surface area contributed by atoms with Crippen molar-refractivity contribution in [1.29, 1.82) is 0 Å². The molecule has 1 aromatic heterocycles. The molecule has 156 valence electrons. The summed E-state index contributed by atoms with van der Waals surface area (Å²) in [7, 11) is 1.60. The molecule has 7 nitrogen and oxygen atoms in total. The van der Waals surface area contributed by atoms with Crippen molar-refractivity contribution in [3.05, 3.63) is 82.2 Å². The molecule has 2 amide bonds. The third kappa shape index (κ3) is 5.95. The Bertz CT molecular complexity index is 1000. The average molecular weight is 473 g/mol.